The van der Waals surface area contributed by atoms with Gasteiger partial charge in [0.1, 0.15) is 5.76 Å². The van der Waals surface area contributed by atoms with Gasteiger partial charge < -0.3 is 9.15 Å². The lowest BCUT2D eigenvalue weighted by Crippen LogP contribution is -2.04. The van der Waals surface area contributed by atoms with Crippen molar-refractivity contribution >= 4 is 0 Å². The average molecular weight is 155 g/mol. The summed E-state index contributed by atoms with van der Waals surface area (Å²) in [4.78, 5) is 3.90. The van der Waals surface area contributed by atoms with Crippen LogP contribution >= 0.6 is 0 Å². The fraction of sp³-hybridized carbons (Fsp3) is 0.625. The fourth-order valence-electron chi connectivity index (χ4n) is 0.639. The second-order valence-electron chi connectivity index (χ2n) is 2.94. The van der Waals surface area contributed by atoms with Crippen LogP contribution in [0.25, 0.3) is 0 Å². The van der Waals surface area contributed by atoms with E-state index in [1.807, 2.05) is 6.92 Å². The SMILES string of the molecule is Cc1cnc(OCC(C)C)o1. The van der Waals surface area contributed by atoms with Crippen molar-refractivity contribution in [1.29, 1.82) is 0 Å². The lowest BCUT2D eigenvalue weighted by molar-refractivity contribution is 0.199. The van der Waals surface area contributed by atoms with Crippen LogP contribution in [0.5, 0.6) is 6.08 Å². The van der Waals surface area contributed by atoms with Crippen LogP contribution in [0.2, 0.25) is 0 Å². The monoisotopic (exact) mass is 155 g/mol. The molecule has 0 aromatic carbocycles. The molecule has 3 heteroatoms. The Morgan fingerprint density at radius 1 is 1.64 bits per heavy atom. The van der Waals surface area contributed by atoms with Gasteiger partial charge in [0.15, 0.2) is 0 Å². The zero-order valence-corrected chi connectivity index (χ0v) is 7.13. The summed E-state index contributed by atoms with van der Waals surface area (Å²) in [6.07, 6.45) is 2.02. The first-order valence-electron chi connectivity index (χ1n) is 3.73. The zero-order valence-electron chi connectivity index (χ0n) is 7.13. The zero-order chi connectivity index (χ0) is 8.27. The summed E-state index contributed by atoms with van der Waals surface area (Å²) in [6.45, 7) is 6.65. The molecule has 0 bridgehead atoms. The number of aryl methyl sites for hydroxylation is 1. The van der Waals surface area contributed by atoms with E-state index in [9.17, 15) is 0 Å². The molecule has 1 aromatic rings. The lowest BCUT2D eigenvalue weighted by atomic mass is 10.2. The maximum atomic E-state index is 5.21. The Balaban J connectivity index is 2.39. The van der Waals surface area contributed by atoms with Gasteiger partial charge >= 0.3 is 6.08 Å². The van der Waals surface area contributed by atoms with Crippen LogP contribution in [0.15, 0.2) is 10.6 Å². The minimum Gasteiger partial charge on any atom is -0.450 e. The number of rotatable bonds is 3. The third-order valence-corrected chi connectivity index (χ3v) is 1.14. The molecule has 1 heterocycles. The maximum Gasteiger partial charge on any atom is 0.393 e. The van der Waals surface area contributed by atoms with Crippen molar-refractivity contribution in [2.75, 3.05) is 6.61 Å². The van der Waals surface area contributed by atoms with Crippen LogP contribution < -0.4 is 4.74 Å². The first-order chi connectivity index (χ1) is 5.18. The van der Waals surface area contributed by atoms with E-state index in [4.69, 9.17) is 9.15 Å². The molecule has 0 unspecified atom stereocenters. The molecule has 1 aromatic heterocycles. The van der Waals surface area contributed by atoms with Gasteiger partial charge in [0.25, 0.3) is 0 Å². The molecule has 0 saturated heterocycles. The highest BCUT2D eigenvalue weighted by atomic mass is 16.6. The molecule has 3 nitrogen and oxygen atoms in total. The molecule has 62 valence electrons. The molecule has 0 aliphatic heterocycles. The molecule has 0 N–H and O–H groups in total. The average Bonchev–Trinajstić information content (AvgIpc) is 2.31. The van der Waals surface area contributed by atoms with Crippen molar-refractivity contribution in [3.63, 3.8) is 0 Å². The third kappa shape index (κ3) is 2.62. The standard InChI is InChI=1S/C8H13NO2/c1-6(2)5-10-8-9-4-7(3)11-8/h4,6H,5H2,1-3H3. The minimum atomic E-state index is 0.371. The molecule has 1 rings (SSSR count). The smallest absolute Gasteiger partial charge is 0.393 e. The summed E-state index contributed by atoms with van der Waals surface area (Å²) < 4.78 is 10.3. The number of hydrogen-bond donors (Lipinski definition) is 0. The van der Waals surface area contributed by atoms with E-state index >= 15 is 0 Å². The molecular weight excluding hydrogens is 142 g/mol. The fourth-order valence-corrected chi connectivity index (χ4v) is 0.639. The Labute approximate surface area is 66.4 Å². The van der Waals surface area contributed by atoms with E-state index in [0.717, 1.165) is 5.76 Å². The van der Waals surface area contributed by atoms with Crippen LogP contribution in [0.3, 0.4) is 0 Å². The topological polar surface area (TPSA) is 35.3 Å². The minimum absolute atomic E-state index is 0.371. The third-order valence-electron chi connectivity index (χ3n) is 1.14. The van der Waals surface area contributed by atoms with E-state index in [0.29, 0.717) is 18.6 Å². The molecule has 0 aliphatic carbocycles. The highest BCUT2D eigenvalue weighted by Gasteiger charge is 2.01. The van der Waals surface area contributed by atoms with E-state index in [1.54, 1.807) is 6.20 Å². The quantitative estimate of drug-likeness (QED) is 0.669. The summed E-state index contributed by atoms with van der Waals surface area (Å²) in [5.74, 6) is 1.28. The van der Waals surface area contributed by atoms with Crippen molar-refractivity contribution in [2.45, 2.75) is 20.8 Å². The van der Waals surface area contributed by atoms with Crippen LogP contribution in [-0.4, -0.2) is 11.6 Å². The van der Waals surface area contributed by atoms with E-state index < -0.39 is 0 Å². The normalized spacial score (nSPS) is 10.5. The first-order valence-corrected chi connectivity index (χ1v) is 3.73. The number of nitrogens with zero attached hydrogens (tertiary/aromatic N) is 1. The van der Waals surface area contributed by atoms with Crippen molar-refractivity contribution in [3.8, 4) is 6.08 Å². The van der Waals surface area contributed by atoms with Crippen molar-refractivity contribution < 1.29 is 9.15 Å². The number of aromatic nitrogens is 1. The van der Waals surface area contributed by atoms with Crippen molar-refractivity contribution in [3.05, 3.63) is 12.0 Å². The molecule has 0 amide bonds. The van der Waals surface area contributed by atoms with Crippen LogP contribution in [0, 0.1) is 12.8 Å². The molecule has 11 heavy (non-hydrogen) atoms. The van der Waals surface area contributed by atoms with E-state index in [2.05, 4.69) is 18.8 Å². The molecule has 0 aliphatic rings. The summed E-state index contributed by atoms with van der Waals surface area (Å²) in [5, 5.41) is 0. The van der Waals surface area contributed by atoms with E-state index in [-0.39, 0.29) is 0 Å². The van der Waals surface area contributed by atoms with Crippen molar-refractivity contribution in [1.82, 2.24) is 4.98 Å². The largest absolute Gasteiger partial charge is 0.450 e. The Morgan fingerprint density at radius 2 is 2.36 bits per heavy atom. The van der Waals surface area contributed by atoms with Gasteiger partial charge in [-0.25, -0.2) is 0 Å². The van der Waals surface area contributed by atoms with Crippen LogP contribution in [0.4, 0.5) is 0 Å². The lowest BCUT2D eigenvalue weighted by Gasteiger charge is -2.02. The summed E-state index contributed by atoms with van der Waals surface area (Å²) in [7, 11) is 0. The molecular formula is C8H13NO2. The Hall–Kier alpha value is -0.990. The molecule has 0 radical (unpaired) electrons. The molecule has 0 fully saturated rings. The Kier molecular flexibility index (Phi) is 2.52. The summed E-state index contributed by atoms with van der Waals surface area (Å²) in [6, 6.07) is 0. The van der Waals surface area contributed by atoms with Gasteiger partial charge in [0.2, 0.25) is 0 Å². The Bertz CT molecular complexity index is 218. The number of oxazole rings is 1. The highest BCUT2D eigenvalue weighted by molar-refractivity contribution is 4.94. The number of ether oxygens (including phenoxy) is 1. The van der Waals surface area contributed by atoms with Crippen LogP contribution in [0.1, 0.15) is 19.6 Å². The molecule has 0 atom stereocenters. The second-order valence-corrected chi connectivity index (χ2v) is 2.94. The molecule has 0 saturated carbocycles. The van der Waals surface area contributed by atoms with Crippen molar-refractivity contribution in [2.24, 2.45) is 5.92 Å². The second kappa shape index (κ2) is 3.42. The molecule has 0 spiro atoms. The summed E-state index contributed by atoms with van der Waals surface area (Å²) >= 11 is 0. The Morgan fingerprint density at radius 3 is 2.82 bits per heavy atom. The van der Waals surface area contributed by atoms with Gasteiger partial charge in [0.05, 0.1) is 12.8 Å². The van der Waals surface area contributed by atoms with Gasteiger partial charge in [-0.05, 0) is 12.8 Å². The first kappa shape index (κ1) is 8.11. The summed E-state index contributed by atoms with van der Waals surface area (Å²) in [5.41, 5.74) is 0. The van der Waals surface area contributed by atoms with Gasteiger partial charge in [0, 0.05) is 0 Å². The highest BCUT2D eigenvalue weighted by Crippen LogP contribution is 2.10. The van der Waals surface area contributed by atoms with Crippen LogP contribution in [-0.2, 0) is 0 Å². The van der Waals surface area contributed by atoms with E-state index in [1.165, 1.54) is 0 Å². The predicted octanol–water partition coefficient (Wildman–Crippen LogP) is 2.02. The van der Waals surface area contributed by atoms with Gasteiger partial charge in [-0.3, -0.25) is 0 Å². The number of hydrogen-bond acceptors (Lipinski definition) is 3. The van der Waals surface area contributed by atoms with Gasteiger partial charge in [-0.15, -0.1) is 0 Å². The maximum absolute atomic E-state index is 5.21. The van der Waals surface area contributed by atoms with Gasteiger partial charge in [-0.2, -0.15) is 4.98 Å². The predicted molar refractivity (Wildman–Crippen MR) is 41.6 cm³/mol. The van der Waals surface area contributed by atoms with Gasteiger partial charge in [-0.1, -0.05) is 13.8 Å².